The molecule has 0 bridgehead atoms. The average Bonchev–Trinajstić information content (AvgIpc) is 2.39. The van der Waals surface area contributed by atoms with Gasteiger partial charge in [-0.25, -0.2) is 14.4 Å². The third kappa shape index (κ3) is 2.04. The summed E-state index contributed by atoms with van der Waals surface area (Å²) in [5, 5.41) is 0. The zero-order valence-electron chi connectivity index (χ0n) is 9.44. The first-order chi connectivity index (χ1) is 8.74. The Balaban J connectivity index is 2.11. The van der Waals surface area contributed by atoms with Crippen LogP contribution in [0.5, 0.6) is 0 Å². The highest BCUT2D eigenvalue weighted by molar-refractivity contribution is 7.71. The number of hydrogen-bond acceptors (Lipinski definition) is 4. The molecule has 0 amide bonds. The van der Waals surface area contributed by atoms with Crippen molar-refractivity contribution in [3.05, 3.63) is 40.0 Å². The number of pyridine rings is 1. The van der Waals surface area contributed by atoms with Crippen molar-refractivity contribution in [2.75, 3.05) is 6.61 Å². The smallest absolute Gasteiger partial charge is 0.157 e. The second-order valence-corrected chi connectivity index (χ2v) is 4.40. The molecule has 0 radical (unpaired) electrons. The molecule has 0 saturated carbocycles. The van der Waals surface area contributed by atoms with Crippen LogP contribution < -0.4 is 0 Å². The van der Waals surface area contributed by atoms with Crippen LogP contribution in [0.3, 0.4) is 0 Å². The molecule has 0 fully saturated rings. The maximum atomic E-state index is 12.8. The predicted molar refractivity (Wildman–Crippen MR) is 66.0 cm³/mol. The maximum Gasteiger partial charge on any atom is 0.157 e. The molecule has 0 aromatic carbocycles. The van der Waals surface area contributed by atoms with E-state index < -0.39 is 0 Å². The lowest BCUT2D eigenvalue weighted by Gasteiger charge is -2.16. The molecule has 18 heavy (non-hydrogen) atoms. The van der Waals surface area contributed by atoms with E-state index in [0.717, 1.165) is 23.9 Å². The second-order valence-electron chi connectivity index (χ2n) is 4.01. The molecule has 0 aliphatic carbocycles. The number of aromatic nitrogens is 3. The van der Waals surface area contributed by atoms with Crippen LogP contribution >= 0.6 is 12.2 Å². The molecule has 0 unspecified atom stereocenters. The van der Waals surface area contributed by atoms with Gasteiger partial charge in [0.2, 0.25) is 0 Å². The number of fused-ring (bicyclic) bond motifs is 1. The van der Waals surface area contributed by atoms with Crippen LogP contribution in [0.15, 0.2) is 18.3 Å². The van der Waals surface area contributed by atoms with Gasteiger partial charge in [0.25, 0.3) is 0 Å². The Kier molecular flexibility index (Phi) is 2.89. The number of H-pyrrole nitrogens is 1. The van der Waals surface area contributed by atoms with Crippen LogP contribution in [0.1, 0.15) is 11.3 Å². The molecule has 3 heterocycles. The van der Waals surface area contributed by atoms with Crippen molar-refractivity contribution in [2.24, 2.45) is 0 Å². The molecule has 2 aromatic rings. The van der Waals surface area contributed by atoms with E-state index in [1.54, 1.807) is 6.07 Å². The Morgan fingerprint density at radius 2 is 2.28 bits per heavy atom. The Morgan fingerprint density at radius 3 is 3.06 bits per heavy atom. The number of ether oxygens (including phenoxy) is 1. The largest absolute Gasteiger partial charge is 0.376 e. The number of aromatic amines is 1. The Bertz CT molecular complexity index is 639. The number of halogens is 1. The standard InChI is InChI=1S/C12H10FN3OS/c13-7-1-2-10(14-5-7)11-15-9-3-4-17-6-8(9)12(18)16-11/h1-2,5H,3-4,6H2,(H,15,16,18). The summed E-state index contributed by atoms with van der Waals surface area (Å²) in [6, 6.07) is 2.93. The number of nitrogens with zero attached hydrogens (tertiary/aromatic N) is 2. The summed E-state index contributed by atoms with van der Waals surface area (Å²) in [5.41, 5.74) is 2.54. The van der Waals surface area contributed by atoms with Gasteiger partial charge >= 0.3 is 0 Å². The highest BCUT2D eigenvalue weighted by Crippen LogP contribution is 2.19. The van der Waals surface area contributed by atoms with Gasteiger partial charge in [0, 0.05) is 17.7 Å². The van der Waals surface area contributed by atoms with Crippen molar-refractivity contribution in [1.82, 2.24) is 15.0 Å². The molecular formula is C12H10FN3OS. The SMILES string of the molecule is Fc1ccc(-c2nc(=S)c3c([nH]2)CCOC3)nc1. The predicted octanol–water partition coefficient (Wildman–Crippen LogP) is 2.41. The van der Waals surface area contributed by atoms with Gasteiger partial charge in [0.1, 0.15) is 16.2 Å². The number of hydrogen-bond donors (Lipinski definition) is 1. The van der Waals surface area contributed by atoms with Gasteiger partial charge in [-0.3, -0.25) is 0 Å². The van der Waals surface area contributed by atoms with Crippen LogP contribution in [0.25, 0.3) is 11.5 Å². The zero-order valence-corrected chi connectivity index (χ0v) is 10.3. The first kappa shape index (κ1) is 11.4. The third-order valence-corrected chi connectivity index (χ3v) is 3.16. The van der Waals surface area contributed by atoms with E-state index in [-0.39, 0.29) is 5.82 Å². The molecule has 0 spiro atoms. The summed E-state index contributed by atoms with van der Waals surface area (Å²) in [6.07, 6.45) is 1.94. The van der Waals surface area contributed by atoms with Gasteiger partial charge in [-0.05, 0) is 12.1 Å². The molecule has 1 N–H and O–H groups in total. The Morgan fingerprint density at radius 1 is 1.39 bits per heavy atom. The lowest BCUT2D eigenvalue weighted by Crippen LogP contribution is -2.14. The van der Waals surface area contributed by atoms with Crippen LogP contribution in [0.2, 0.25) is 0 Å². The van der Waals surface area contributed by atoms with Crippen molar-refractivity contribution in [3.8, 4) is 11.5 Å². The quantitative estimate of drug-likeness (QED) is 0.803. The molecule has 4 nitrogen and oxygen atoms in total. The van der Waals surface area contributed by atoms with E-state index in [4.69, 9.17) is 17.0 Å². The fourth-order valence-electron chi connectivity index (χ4n) is 1.89. The fourth-order valence-corrected chi connectivity index (χ4v) is 2.17. The first-order valence-electron chi connectivity index (χ1n) is 5.56. The van der Waals surface area contributed by atoms with Gasteiger partial charge in [-0.2, -0.15) is 0 Å². The molecular weight excluding hydrogens is 253 g/mol. The van der Waals surface area contributed by atoms with E-state index in [2.05, 4.69) is 15.0 Å². The molecule has 1 aliphatic heterocycles. The summed E-state index contributed by atoms with van der Waals surface area (Å²) in [6.45, 7) is 1.16. The molecule has 0 atom stereocenters. The van der Waals surface area contributed by atoms with Crippen molar-refractivity contribution in [3.63, 3.8) is 0 Å². The van der Waals surface area contributed by atoms with Gasteiger partial charge in [-0.15, -0.1) is 0 Å². The molecule has 1 aliphatic rings. The Hall–Kier alpha value is -1.66. The summed E-state index contributed by atoms with van der Waals surface area (Å²) in [4.78, 5) is 11.5. The summed E-state index contributed by atoms with van der Waals surface area (Å²) in [5.74, 6) is 0.198. The normalized spacial score (nSPS) is 14.3. The van der Waals surface area contributed by atoms with E-state index >= 15 is 0 Å². The van der Waals surface area contributed by atoms with Gasteiger partial charge in [0.05, 0.1) is 19.4 Å². The van der Waals surface area contributed by atoms with Crippen molar-refractivity contribution in [1.29, 1.82) is 0 Å². The molecule has 6 heteroatoms. The van der Waals surface area contributed by atoms with Crippen LogP contribution in [-0.2, 0) is 17.8 Å². The average molecular weight is 263 g/mol. The number of rotatable bonds is 1. The lowest BCUT2D eigenvalue weighted by molar-refractivity contribution is 0.108. The summed E-state index contributed by atoms with van der Waals surface area (Å²) < 4.78 is 18.7. The van der Waals surface area contributed by atoms with Gasteiger partial charge in [0.15, 0.2) is 5.82 Å². The number of nitrogens with one attached hydrogen (secondary N) is 1. The van der Waals surface area contributed by atoms with Crippen LogP contribution in [-0.4, -0.2) is 21.6 Å². The molecule has 92 valence electrons. The highest BCUT2D eigenvalue weighted by Gasteiger charge is 2.14. The highest BCUT2D eigenvalue weighted by atomic mass is 32.1. The topological polar surface area (TPSA) is 50.8 Å². The summed E-state index contributed by atoms with van der Waals surface area (Å²) >= 11 is 5.24. The monoisotopic (exact) mass is 263 g/mol. The Labute approximate surface area is 108 Å². The molecule has 2 aromatic heterocycles. The van der Waals surface area contributed by atoms with E-state index in [1.165, 1.54) is 6.07 Å². The van der Waals surface area contributed by atoms with E-state index in [1.807, 2.05) is 0 Å². The minimum Gasteiger partial charge on any atom is -0.376 e. The summed E-state index contributed by atoms with van der Waals surface area (Å²) in [7, 11) is 0. The van der Waals surface area contributed by atoms with Crippen molar-refractivity contribution >= 4 is 12.2 Å². The van der Waals surface area contributed by atoms with Crippen molar-refractivity contribution in [2.45, 2.75) is 13.0 Å². The molecule has 3 rings (SSSR count). The second kappa shape index (κ2) is 4.55. The van der Waals surface area contributed by atoms with Gasteiger partial charge in [-0.1, -0.05) is 12.2 Å². The van der Waals surface area contributed by atoms with Crippen LogP contribution in [0, 0.1) is 10.5 Å². The third-order valence-electron chi connectivity index (χ3n) is 2.82. The van der Waals surface area contributed by atoms with Crippen molar-refractivity contribution < 1.29 is 9.13 Å². The molecule has 0 saturated heterocycles. The lowest BCUT2D eigenvalue weighted by atomic mass is 10.1. The maximum absolute atomic E-state index is 12.8. The minimum atomic E-state index is -0.372. The van der Waals surface area contributed by atoms with E-state index in [9.17, 15) is 4.39 Å². The zero-order chi connectivity index (χ0) is 12.5. The van der Waals surface area contributed by atoms with E-state index in [0.29, 0.717) is 29.4 Å². The first-order valence-corrected chi connectivity index (χ1v) is 5.96. The fraction of sp³-hybridized carbons (Fsp3) is 0.250. The minimum absolute atomic E-state index is 0.372. The van der Waals surface area contributed by atoms with Gasteiger partial charge < -0.3 is 9.72 Å². The van der Waals surface area contributed by atoms with Crippen LogP contribution in [0.4, 0.5) is 4.39 Å².